The first kappa shape index (κ1) is 10.9. The van der Waals surface area contributed by atoms with Gasteiger partial charge in [-0.25, -0.2) is 23.0 Å². The molecule has 3 N–H and O–H groups in total. The van der Waals surface area contributed by atoms with Crippen LogP contribution in [0.4, 0.5) is 4.79 Å². The molecule has 1 saturated heterocycles. The van der Waals surface area contributed by atoms with Crippen LogP contribution in [0.1, 0.15) is 6.17 Å². The highest BCUT2D eigenvalue weighted by Crippen LogP contribution is 2.31. The lowest BCUT2D eigenvalue weighted by atomic mass is 10.1. The van der Waals surface area contributed by atoms with Crippen molar-refractivity contribution >= 4 is 16.1 Å². The summed E-state index contributed by atoms with van der Waals surface area (Å²) >= 11 is 0. The van der Waals surface area contributed by atoms with E-state index in [1.807, 2.05) is 0 Å². The van der Waals surface area contributed by atoms with Crippen LogP contribution in [0.5, 0.6) is 0 Å². The van der Waals surface area contributed by atoms with E-state index in [4.69, 9.17) is 10.2 Å². The van der Waals surface area contributed by atoms with Crippen molar-refractivity contribution in [3.05, 3.63) is 18.5 Å². The van der Waals surface area contributed by atoms with Crippen LogP contribution < -0.4 is 5.14 Å². The number of carboxylic acid groups (broad SMARTS) is 1. The van der Waals surface area contributed by atoms with Crippen LogP contribution >= 0.6 is 0 Å². The Balaban J connectivity index is 2.32. The lowest BCUT2D eigenvalue weighted by Gasteiger charge is -2.44. The maximum Gasteiger partial charge on any atom is 0.409 e. The van der Waals surface area contributed by atoms with Gasteiger partial charge in [0, 0.05) is 18.9 Å². The molecule has 2 unspecified atom stereocenters. The number of hydrogen-bond donors (Lipinski definition) is 2. The Morgan fingerprint density at radius 3 is 2.69 bits per heavy atom. The zero-order chi connectivity index (χ0) is 11.9. The fourth-order valence-electron chi connectivity index (χ4n) is 1.67. The molecule has 16 heavy (non-hydrogen) atoms. The Hall–Kier alpha value is -1.61. The normalized spacial score (nSPS) is 25.2. The Morgan fingerprint density at radius 1 is 1.56 bits per heavy atom. The largest absolute Gasteiger partial charge is 0.465 e. The van der Waals surface area contributed by atoms with Crippen LogP contribution in [0.15, 0.2) is 18.5 Å². The van der Waals surface area contributed by atoms with Crippen molar-refractivity contribution in [2.24, 2.45) is 5.14 Å². The van der Waals surface area contributed by atoms with E-state index in [0.717, 1.165) is 4.90 Å². The van der Waals surface area contributed by atoms with E-state index in [0.29, 0.717) is 0 Å². The predicted octanol–water partition coefficient (Wildman–Crippen LogP) is -0.968. The minimum absolute atomic E-state index is 0.126. The van der Waals surface area contributed by atoms with Gasteiger partial charge in [-0.3, -0.25) is 4.90 Å². The van der Waals surface area contributed by atoms with Crippen molar-refractivity contribution in [1.29, 1.82) is 0 Å². The monoisotopic (exact) mass is 246 g/mol. The van der Waals surface area contributed by atoms with Gasteiger partial charge in [-0.15, -0.1) is 0 Å². The highest BCUT2D eigenvalue weighted by atomic mass is 32.2. The summed E-state index contributed by atoms with van der Waals surface area (Å²) in [6, 6.07) is 1.58. The molecule has 2 rings (SSSR count). The topological polar surface area (TPSA) is 119 Å². The molecule has 8 nitrogen and oxygen atoms in total. The third kappa shape index (κ3) is 1.63. The van der Waals surface area contributed by atoms with Gasteiger partial charge in [-0.05, 0) is 6.07 Å². The highest BCUT2D eigenvalue weighted by molar-refractivity contribution is 7.89. The minimum atomic E-state index is -3.77. The molecule has 0 saturated carbocycles. The van der Waals surface area contributed by atoms with Crippen LogP contribution in [-0.4, -0.2) is 46.1 Å². The zero-order valence-corrected chi connectivity index (χ0v) is 8.91. The third-order valence-corrected chi connectivity index (χ3v) is 3.73. The lowest BCUT2D eigenvalue weighted by molar-refractivity contribution is 0.0366. The summed E-state index contributed by atoms with van der Waals surface area (Å²) in [6.07, 6.45) is 0.874. The molecule has 1 aromatic heterocycles. The molecule has 2 atom stereocenters. The summed E-state index contributed by atoms with van der Waals surface area (Å²) in [7, 11) is -3.77. The number of amides is 1. The molecule has 1 aromatic rings. The fourth-order valence-corrected chi connectivity index (χ4v) is 2.65. The maximum absolute atomic E-state index is 11.2. The van der Waals surface area contributed by atoms with Crippen molar-refractivity contribution < 1.29 is 18.3 Å². The van der Waals surface area contributed by atoms with Gasteiger partial charge < -0.3 is 5.11 Å². The van der Waals surface area contributed by atoms with Crippen LogP contribution in [0.3, 0.4) is 0 Å². The number of aromatic nitrogens is 2. The van der Waals surface area contributed by atoms with Crippen LogP contribution in [0.2, 0.25) is 0 Å². The molecule has 88 valence electrons. The van der Waals surface area contributed by atoms with E-state index >= 15 is 0 Å². The molecular formula is C7H10N4O4S. The number of likely N-dealkylation sites (tertiary alicyclic amines) is 1. The predicted molar refractivity (Wildman–Crippen MR) is 52.9 cm³/mol. The van der Waals surface area contributed by atoms with Gasteiger partial charge in [0.15, 0.2) is 0 Å². The summed E-state index contributed by atoms with van der Waals surface area (Å²) in [6.45, 7) is -0.126. The van der Waals surface area contributed by atoms with Gasteiger partial charge in [0.25, 0.3) is 0 Å². The van der Waals surface area contributed by atoms with Crippen molar-refractivity contribution in [2.75, 3.05) is 6.54 Å². The van der Waals surface area contributed by atoms with E-state index in [-0.39, 0.29) is 6.54 Å². The average Bonchev–Trinajstić information content (AvgIpc) is 2.50. The second-order valence-electron chi connectivity index (χ2n) is 3.46. The number of rotatable bonds is 2. The summed E-state index contributed by atoms with van der Waals surface area (Å²) < 4.78 is 23.7. The number of hydrogen-bond acceptors (Lipinski definition) is 4. The number of nitrogens with two attached hydrogens (primary N) is 1. The molecule has 1 aliphatic heterocycles. The average molecular weight is 246 g/mol. The summed E-state index contributed by atoms with van der Waals surface area (Å²) in [5.74, 6) is 0. The Labute approximate surface area is 91.3 Å². The van der Waals surface area contributed by atoms with Crippen LogP contribution in [0.25, 0.3) is 0 Å². The molecule has 1 amide bonds. The Morgan fingerprint density at radius 2 is 2.25 bits per heavy atom. The van der Waals surface area contributed by atoms with E-state index in [1.54, 1.807) is 6.07 Å². The Bertz CT molecular complexity index is 496. The first-order valence-electron chi connectivity index (χ1n) is 4.41. The first-order valence-corrected chi connectivity index (χ1v) is 6.02. The fraction of sp³-hybridized carbons (Fsp3) is 0.429. The van der Waals surface area contributed by atoms with E-state index < -0.39 is 27.5 Å². The smallest absolute Gasteiger partial charge is 0.409 e. The molecule has 0 aliphatic carbocycles. The quantitative estimate of drug-likeness (QED) is 0.696. The lowest BCUT2D eigenvalue weighted by Crippen LogP contribution is -2.62. The number of nitrogens with zero attached hydrogens (tertiary/aromatic N) is 3. The van der Waals surface area contributed by atoms with Crippen molar-refractivity contribution in [2.45, 2.75) is 11.4 Å². The highest BCUT2D eigenvalue weighted by Gasteiger charge is 2.49. The molecule has 0 aromatic carbocycles. The number of sulfonamides is 1. The number of carbonyl (C=O) groups is 1. The number of primary sulfonamides is 1. The molecule has 0 bridgehead atoms. The van der Waals surface area contributed by atoms with Gasteiger partial charge in [-0.2, -0.15) is 5.10 Å². The van der Waals surface area contributed by atoms with Gasteiger partial charge in [0.1, 0.15) is 11.4 Å². The van der Waals surface area contributed by atoms with Crippen LogP contribution in [-0.2, 0) is 10.0 Å². The van der Waals surface area contributed by atoms with E-state index in [2.05, 4.69) is 5.10 Å². The molecule has 0 radical (unpaired) electrons. The Kier molecular flexibility index (Phi) is 2.35. The standard InChI is InChI=1S/C7H10N4O4S/c8-16(14,15)5-4-10(7(12)13)6(5)11-3-1-2-9-11/h1-3,5-6H,4H2,(H,12,13)(H2,8,14,15). The van der Waals surface area contributed by atoms with Gasteiger partial charge in [0.2, 0.25) is 10.0 Å². The van der Waals surface area contributed by atoms with Crippen molar-refractivity contribution in [3.8, 4) is 0 Å². The molecular weight excluding hydrogens is 236 g/mol. The minimum Gasteiger partial charge on any atom is -0.465 e. The summed E-state index contributed by atoms with van der Waals surface area (Å²) in [4.78, 5) is 11.8. The van der Waals surface area contributed by atoms with Gasteiger partial charge in [0.05, 0.1) is 0 Å². The van der Waals surface area contributed by atoms with Gasteiger partial charge in [-0.1, -0.05) is 0 Å². The van der Waals surface area contributed by atoms with E-state index in [1.165, 1.54) is 17.1 Å². The zero-order valence-electron chi connectivity index (χ0n) is 8.09. The second-order valence-corrected chi connectivity index (χ2v) is 5.25. The molecule has 1 fully saturated rings. The summed E-state index contributed by atoms with van der Waals surface area (Å²) in [5.41, 5.74) is 0. The van der Waals surface area contributed by atoms with Gasteiger partial charge >= 0.3 is 6.09 Å². The van der Waals surface area contributed by atoms with Crippen LogP contribution in [0, 0.1) is 0 Å². The second kappa shape index (κ2) is 3.46. The molecule has 1 aliphatic rings. The van der Waals surface area contributed by atoms with Crippen molar-refractivity contribution in [1.82, 2.24) is 14.7 Å². The third-order valence-electron chi connectivity index (χ3n) is 2.49. The van der Waals surface area contributed by atoms with Crippen molar-refractivity contribution in [3.63, 3.8) is 0 Å². The SMILES string of the molecule is NS(=O)(=O)C1CN(C(=O)O)C1n1cccn1. The molecule has 2 heterocycles. The molecule has 0 spiro atoms. The maximum atomic E-state index is 11.2. The summed E-state index contributed by atoms with van der Waals surface area (Å²) in [5, 5.41) is 16.7. The first-order chi connectivity index (χ1) is 7.41. The molecule has 9 heteroatoms. The van der Waals surface area contributed by atoms with E-state index in [9.17, 15) is 13.2 Å².